The van der Waals surface area contributed by atoms with Gasteiger partial charge in [-0.1, -0.05) is 78.3 Å². The molecule has 0 amide bonds. The lowest BCUT2D eigenvalue weighted by Gasteiger charge is -2.06. The summed E-state index contributed by atoms with van der Waals surface area (Å²) < 4.78 is 2.58. The van der Waals surface area contributed by atoms with E-state index in [1.165, 1.54) is 42.4 Å². The molecule has 0 atom stereocenters. The maximum Gasteiger partial charge on any atom is 0.113 e. The number of thiophene rings is 1. The van der Waals surface area contributed by atoms with Gasteiger partial charge < -0.3 is 0 Å². The van der Waals surface area contributed by atoms with Crippen LogP contribution in [-0.2, 0) is 0 Å². The van der Waals surface area contributed by atoms with Crippen molar-refractivity contribution in [1.82, 2.24) is 0 Å². The van der Waals surface area contributed by atoms with Crippen molar-refractivity contribution >= 4 is 44.8 Å². The highest BCUT2D eigenvalue weighted by atomic mass is 32.1. The van der Waals surface area contributed by atoms with Crippen LogP contribution in [0.25, 0.3) is 42.4 Å². The second-order valence-corrected chi connectivity index (χ2v) is 7.60. The molecule has 2 radical (unpaired) electrons. The van der Waals surface area contributed by atoms with Crippen molar-refractivity contribution < 1.29 is 0 Å². The van der Waals surface area contributed by atoms with Crippen molar-refractivity contribution in [1.29, 1.82) is 0 Å². The highest BCUT2D eigenvalue weighted by Gasteiger charge is 2.08. The molecule has 5 rings (SSSR count). The zero-order chi connectivity index (χ0) is 17.5. The lowest BCUT2D eigenvalue weighted by molar-refractivity contribution is 1.60. The van der Waals surface area contributed by atoms with Crippen LogP contribution in [0.5, 0.6) is 0 Å². The largest absolute Gasteiger partial charge is 0.135 e. The molecular weight excluding hydrogens is 331 g/mol. The number of hydrogen-bond donors (Lipinski definition) is 0. The summed E-state index contributed by atoms with van der Waals surface area (Å²) in [5, 5.41) is 2.52. The first-order valence-electron chi connectivity index (χ1n) is 8.66. The maximum absolute atomic E-state index is 5.97. The highest BCUT2D eigenvalue weighted by Crippen LogP contribution is 2.36. The van der Waals surface area contributed by atoms with E-state index in [1.807, 2.05) is 17.4 Å². The van der Waals surface area contributed by atoms with Crippen molar-refractivity contribution in [3.8, 4) is 22.3 Å². The lowest BCUT2D eigenvalue weighted by Crippen LogP contribution is -1.98. The summed E-state index contributed by atoms with van der Waals surface area (Å²) in [4.78, 5) is 0. The lowest BCUT2D eigenvalue weighted by atomic mass is 9.94. The summed E-state index contributed by atoms with van der Waals surface area (Å²) in [6, 6.07) is 32.1. The molecule has 5 aromatic rings. The summed E-state index contributed by atoms with van der Waals surface area (Å²) in [5.74, 6) is 0. The highest BCUT2D eigenvalue weighted by molar-refractivity contribution is 7.25. The number of benzene rings is 4. The fourth-order valence-electron chi connectivity index (χ4n) is 3.48. The van der Waals surface area contributed by atoms with E-state index in [9.17, 15) is 0 Å². The van der Waals surface area contributed by atoms with Gasteiger partial charge in [-0.05, 0) is 45.8 Å². The van der Waals surface area contributed by atoms with Crippen molar-refractivity contribution in [2.45, 2.75) is 0 Å². The SMILES string of the molecule is [B]c1ccc2sc3cc(-c4cccc(-c5ccccc5)c4)ccc3c2c1. The number of rotatable bonds is 2. The minimum absolute atomic E-state index is 0.817. The molecule has 0 bridgehead atoms. The van der Waals surface area contributed by atoms with Gasteiger partial charge >= 0.3 is 0 Å². The zero-order valence-electron chi connectivity index (χ0n) is 14.1. The van der Waals surface area contributed by atoms with E-state index in [4.69, 9.17) is 7.85 Å². The van der Waals surface area contributed by atoms with Crippen molar-refractivity contribution in [3.05, 3.63) is 91.0 Å². The molecule has 0 nitrogen and oxygen atoms in total. The van der Waals surface area contributed by atoms with Gasteiger partial charge in [0.2, 0.25) is 0 Å². The average molecular weight is 346 g/mol. The van der Waals surface area contributed by atoms with E-state index >= 15 is 0 Å². The van der Waals surface area contributed by atoms with Gasteiger partial charge in [-0.2, -0.15) is 0 Å². The number of fused-ring (bicyclic) bond motifs is 3. The standard InChI is InChI=1S/C24H15BS/c25-20-10-12-23-22(15-20)21-11-9-19(14-24(21)26-23)18-8-4-7-17(13-18)16-5-2-1-3-6-16/h1-15H. The Bertz CT molecular complexity index is 1240. The molecule has 4 aromatic carbocycles. The molecule has 1 heterocycles. The third-order valence-electron chi connectivity index (χ3n) is 4.80. The van der Waals surface area contributed by atoms with Gasteiger partial charge in [-0.3, -0.25) is 0 Å². The second-order valence-electron chi connectivity index (χ2n) is 6.52. The molecule has 0 aliphatic heterocycles. The van der Waals surface area contributed by atoms with E-state index in [2.05, 4.69) is 84.9 Å². The molecule has 0 aliphatic rings. The maximum atomic E-state index is 5.97. The smallest absolute Gasteiger partial charge is 0.113 e. The zero-order valence-corrected chi connectivity index (χ0v) is 15.0. The summed E-state index contributed by atoms with van der Waals surface area (Å²) in [5.41, 5.74) is 5.79. The Kier molecular flexibility index (Phi) is 3.65. The molecule has 2 heteroatoms. The van der Waals surface area contributed by atoms with Crippen LogP contribution in [0.15, 0.2) is 91.0 Å². The molecule has 0 saturated carbocycles. The number of hydrogen-bond acceptors (Lipinski definition) is 1. The van der Waals surface area contributed by atoms with Crippen molar-refractivity contribution in [2.75, 3.05) is 0 Å². The molecule has 0 N–H and O–H groups in total. The van der Waals surface area contributed by atoms with Crippen LogP contribution in [0.4, 0.5) is 0 Å². The minimum Gasteiger partial charge on any atom is -0.135 e. The topological polar surface area (TPSA) is 0 Å². The molecule has 0 spiro atoms. The second kappa shape index (κ2) is 6.15. The summed E-state index contributed by atoms with van der Waals surface area (Å²) in [7, 11) is 5.97. The van der Waals surface area contributed by atoms with E-state index in [0.29, 0.717) is 0 Å². The third kappa shape index (κ3) is 2.63. The first kappa shape index (κ1) is 15.4. The molecule has 0 saturated heterocycles. The molecule has 26 heavy (non-hydrogen) atoms. The van der Waals surface area contributed by atoms with E-state index < -0.39 is 0 Å². The van der Waals surface area contributed by atoms with Crippen LogP contribution >= 0.6 is 11.3 Å². The Morgan fingerprint density at radius 1 is 0.500 bits per heavy atom. The van der Waals surface area contributed by atoms with Gasteiger partial charge in [-0.15, -0.1) is 11.3 Å². The van der Waals surface area contributed by atoms with Crippen LogP contribution in [0.1, 0.15) is 0 Å². The van der Waals surface area contributed by atoms with Crippen LogP contribution in [-0.4, -0.2) is 7.85 Å². The molecule has 1 aromatic heterocycles. The first-order chi connectivity index (χ1) is 12.8. The Morgan fingerprint density at radius 2 is 1.23 bits per heavy atom. The van der Waals surface area contributed by atoms with Gasteiger partial charge in [0.15, 0.2) is 0 Å². The molecule has 0 fully saturated rings. The van der Waals surface area contributed by atoms with Crippen molar-refractivity contribution in [3.63, 3.8) is 0 Å². The van der Waals surface area contributed by atoms with Gasteiger partial charge in [0.05, 0.1) is 0 Å². The fraction of sp³-hybridized carbons (Fsp3) is 0. The normalized spacial score (nSPS) is 11.2. The van der Waals surface area contributed by atoms with Gasteiger partial charge in [0.25, 0.3) is 0 Å². The average Bonchev–Trinajstić information content (AvgIpc) is 3.06. The predicted molar refractivity (Wildman–Crippen MR) is 116 cm³/mol. The molecule has 120 valence electrons. The van der Waals surface area contributed by atoms with E-state index in [-0.39, 0.29) is 0 Å². The van der Waals surface area contributed by atoms with Gasteiger partial charge in [-0.25, -0.2) is 0 Å². The molecule has 0 unspecified atom stereocenters. The first-order valence-corrected chi connectivity index (χ1v) is 9.47. The monoisotopic (exact) mass is 346 g/mol. The molecule has 0 aliphatic carbocycles. The third-order valence-corrected chi connectivity index (χ3v) is 5.93. The predicted octanol–water partition coefficient (Wildman–Crippen LogP) is 6.18. The Balaban J connectivity index is 1.64. The van der Waals surface area contributed by atoms with Gasteiger partial charge in [0.1, 0.15) is 7.85 Å². The van der Waals surface area contributed by atoms with E-state index in [1.54, 1.807) is 0 Å². The van der Waals surface area contributed by atoms with Gasteiger partial charge in [0, 0.05) is 14.8 Å². The Morgan fingerprint density at radius 3 is 2.08 bits per heavy atom. The fourth-order valence-corrected chi connectivity index (χ4v) is 4.61. The van der Waals surface area contributed by atoms with Crippen LogP contribution in [0.3, 0.4) is 0 Å². The van der Waals surface area contributed by atoms with Crippen molar-refractivity contribution in [2.24, 2.45) is 0 Å². The Labute approximate surface area is 158 Å². The summed E-state index contributed by atoms with van der Waals surface area (Å²) in [6.45, 7) is 0. The minimum atomic E-state index is 0.817. The summed E-state index contributed by atoms with van der Waals surface area (Å²) >= 11 is 1.82. The van der Waals surface area contributed by atoms with Crippen LogP contribution < -0.4 is 5.46 Å². The van der Waals surface area contributed by atoms with Crippen LogP contribution in [0, 0.1) is 0 Å². The summed E-state index contributed by atoms with van der Waals surface area (Å²) in [6.07, 6.45) is 0. The van der Waals surface area contributed by atoms with E-state index in [0.717, 1.165) is 5.46 Å². The van der Waals surface area contributed by atoms with Crippen LogP contribution in [0.2, 0.25) is 0 Å². The molecular formula is C24H15BS. The quantitative estimate of drug-likeness (QED) is 0.335. The Hall–Kier alpha value is -2.84.